The van der Waals surface area contributed by atoms with Crippen molar-refractivity contribution in [2.45, 2.75) is 26.2 Å². The fraction of sp³-hybridized carbons (Fsp3) is 0.261. The van der Waals surface area contributed by atoms with Gasteiger partial charge in [-0.15, -0.1) is 0 Å². The quantitative estimate of drug-likeness (QED) is 0.372. The molecular weight excluding hydrogens is 444 g/mol. The number of aryl methyl sites for hydroxylation is 1. The van der Waals surface area contributed by atoms with Gasteiger partial charge >= 0.3 is 0 Å². The summed E-state index contributed by atoms with van der Waals surface area (Å²) in [7, 11) is 0. The van der Waals surface area contributed by atoms with E-state index in [-0.39, 0.29) is 16.3 Å². The van der Waals surface area contributed by atoms with Crippen molar-refractivity contribution in [2.75, 3.05) is 28.6 Å². The van der Waals surface area contributed by atoms with Crippen LogP contribution in [-0.4, -0.2) is 33.9 Å². The summed E-state index contributed by atoms with van der Waals surface area (Å²) in [4.78, 5) is 34.2. The van der Waals surface area contributed by atoms with Crippen LogP contribution < -0.4 is 15.5 Å². The first-order valence-electron chi connectivity index (χ1n) is 10.6. The molecule has 1 aliphatic rings. The maximum Gasteiger partial charge on any atom is 0.270 e. The van der Waals surface area contributed by atoms with Gasteiger partial charge in [0, 0.05) is 48.4 Å². The average Bonchev–Trinajstić information content (AvgIpc) is 2.80. The molecule has 1 aliphatic heterocycles. The smallest absolute Gasteiger partial charge is 0.270 e. The van der Waals surface area contributed by atoms with Gasteiger partial charge in [0.25, 0.3) is 11.6 Å². The van der Waals surface area contributed by atoms with Gasteiger partial charge in [-0.2, -0.15) is 4.98 Å². The molecule has 33 heavy (non-hydrogen) atoms. The lowest BCUT2D eigenvalue weighted by Crippen LogP contribution is -2.30. The van der Waals surface area contributed by atoms with Crippen LogP contribution in [0, 0.1) is 17.0 Å². The van der Waals surface area contributed by atoms with Crippen LogP contribution in [0.4, 0.5) is 28.8 Å². The molecule has 0 spiro atoms. The van der Waals surface area contributed by atoms with E-state index in [1.165, 1.54) is 31.4 Å². The molecule has 1 aromatic heterocycles. The van der Waals surface area contributed by atoms with Crippen LogP contribution in [0.1, 0.15) is 35.3 Å². The normalized spacial score (nSPS) is 13.5. The summed E-state index contributed by atoms with van der Waals surface area (Å²) >= 11 is 6.04. The van der Waals surface area contributed by atoms with Crippen molar-refractivity contribution in [3.63, 3.8) is 0 Å². The van der Waals surface area contributed by atoms with Crippen LogP contribution >= 0.6 is 11.6 Å². The second-order valence-corrected chi connectivity index (χ2v) is 8.22. The van der Waals surface area contributed by atoms with Crippen molar-refractivity contribution < 1.29 is 9.72 Å². The molecule has 0 radical (unpaired) electrons. The zero-order valence-corrected chi connectivity index (χ0v) is 18.8. The molecule has 2 aromatic carbocycles. The van der Waals surface area contributed by atoms with Crippen LogP contribution in [-0.2, 0) is 0 Å². The highest BCUT2D eigenvalue weighted by atomic mass is 35.5. The minimum atomic E-state index is -0.563. The van der Waals surface area contributed by atoms with Gasteiger partial charge in [-0.05, 0) is 56.5 Å². The van der Waals surface area contributed by atoms with E-state index in [0.29, 0.717) is 11.6 Å². The molecule has 10 heteroatoms. The standard InChI is InChI=1S/C23H23ClN6O3/c1-15-13-21(29-11-3-2-4-12-29)28-23(25-15)27-17-7-5-16(6-8-17)26-22(31)19-10-9-18(30(32)33)14-20(19)24/h5-10,13-14H,2-4,11-12H2,1H3,(H,26,31)(H,25,27,28). The van der Waals surface area contributed by atoms with Gasteiger partial charge in [0.15, 0.2) is 0 Å². The van der Waals surface area contributed by atoms with E-state index in [0.717, 1.165) is 36.4 Å². The molecule has 3 aromatic rings. The Bertz CT molecular complexity index is 1180. The molecule has 1 fully saturated rings. The predicted octanol–water partition coefficient (Wildman–Crippen LogP) is 5.33. The molecule has 0 saturated carbocycles. The monoisotopic (exact) mass is 466 g/mol. The van der Waals surface area contributed by atoms with E-state index in [4.69, 9.17) is 11.6 Å². The van der Waals surface area contributed by atoms with E-state index < -0.39 is 10.8 Å². The fourth-order valence-electron chi connectivity index (χ4n) is 3.66. The summed E-state index contributed by atoms with van der Waals surface area (Å²) in [5.74, 6) is 0.988. The van der Waals surface area contributed by atoms with E-state index >= 15 is 0 Å². The van der Waals surface area contributed by atoms with Crippen LogP contribution in [0.5, 0.6) is 0 Å². The lowest BCUT2D eigenvalue weighted by Gasteiger charge is -2.28. The number of benzene rings is 2. The Morgan fingerprint density at radius 3 is 2.39 bits per heavy atom. The molecule has 1 saturated heterocycles. The predicted molar refractivity (Wildman–Crippen MR) is 129 cm³/mol. The molecule has 2 heterocycles. The number of halogens is 1. The minimum absolute atomic E-state index is 0.0149. The van der Waals surface area contributed by atoms with E-state index in [2.05, 4.69) is 25.5 Å². The van der Waals surface area contributed by atoms with Crippen LogP contribution in [0.15, 0.2) is 48.5 Å². The maximum absolute atomic E-state index is 12.5. The molecule has 1 amide bonds. The van der Waals surface area contributed by atoms with Crippen LogP contribution in [0.3, 0.4) is 0 Å². The number of nitro benzene ring substituents is 1. The third-order valence-corrected chi connectivity index (χ3v) is 5.64. The first-order valence-corrected chi connectivity index (χ1v) is 11.0. The minimum Gasteiger partial charge on any atom is -0.356 e. The second kappa shape index (κ2) is 9.83. The van der Waals surface area contributed by atoms with Gasteiger partial charge in [-0.1, -0.05) is 11.6 Å². The lowest BCUT2D eigenvalue weighted by molar-refractivity contribution is -0.384. The van der Waals surface area contributed by atoms with Crippen molar-refractivity contribution >= 4 is 46.3 Å². The third-order valence-electron chi connectivity index (χ3n) is 5.33. The van der Waals surface area contributed by atoms with E-state index in [1.807, 2.05) is 13.0 Å². The topological polar surface area (TPSA) is 113 Å². The summed E-state index contributed by atoms with van der Waals surface area (Å²) in [6, 6.07) is 12.8. The fourth-order valence-corrected chi connectivity index (χ4v) is 3.92. The summed E-state index contributed by atoms with van der Waals surface area (Å²) in [5, 5.41) is 16.8. The molecule has 4 rings (SSSR count). The number of hydrogen-bond acceptors (Lipinski definition) is 7. The summed E-state index contributed by atoms with van der Waals surface area (Å²) in [5.41, 5.74) is 2.20. The zero-order valence-electron chi connectivity index (χ0n) is 18.0. The Balaban J connectivity index is 1.43. The third kappa shape index (κ3) is 5.56. The molecule has 170 valence electrons. The van der Waals surface area contributed by atoms with Gasteiger partial charge < -0.3 is 15.5 Å². The molecule has 2 N–H and O–H groups in total. The first kappa shape index (κ1) is 22.5. The molecular formula is C23H23ClN6O3. The van der Waals surface area contributed by atoms with Gasteiger partial charge in [0.1, 0.15) is 5.82 Å². The number of nitrogens with one attached hydrogen (secondary N) is 2. The summed E-state index contributed by atoms with van der Waals surface area (Å²) in [6.07, 6.45) is 3.60. The first-order chi connectivity index (χ1) is 15.9. The highest BCUT2D eigenvalue weighted by molar-refractivity contribution is 6.34. The number of anilines is 4. The number of rotatable bonds is 6. The average molecular weight is 467 g/mol. The Kier molecular flexibility index (Phi) is 6.69. The van der Waals surface area contributed by atoms with Gasteiger partial charge in [-0.25, -0.2) is 4.98 Å². The largest absolute Gasteiger partial charge is 0.356 e. The van der Waals surface area contributed by atoms with Gasteiger partial charge in [0.05, 0.1) is 15.5 Å². The van der Waals surface area contributed by atoms with Crippen molar-refractivity contribution in [3.05, 3.63) is 74.9 Å². The number of nitrogens with zero attached hydrogens (tertiary/aromatic N) is 4. The second-order valence-electron chi connectivity index (χ2n) is 7.82. The highest BCUT2D eigenvalue weighted by Gasteiger charge is 2.16. The van der Waals surface area contributed by atoms with Crippen molar-refractivity contribution in [1.29, 1.82) is 0 Å². The van der Waals surface area contributed by atoms with Crippen molar-refractivity contribution in [1.82, 2.24) is 9.97 Å². The molecule has 0 atom stereocenters. The van der Waals surface area contributed by atoms with Crippen molar-refractivity contribution in [3.8, 4) is 0 Å². The number of hydrogen-bond donors (Lipinski definition) is 2. The van der Waals surface area contributed by atoms with Crippen molar-refractivity contribution in [2.24, 2.45) is 0 Å². The number of amides is 1. The number of piperidine rings is 1. The van der Waals surface area contributed by atoms with E-state index in [1.54, 1.807) is 24.3 Å². The molecule has 0 aliphatic carbocycles. The molecule has 0 bridgehead atoms. The molecule has 9 nitrogen and oxygen atoms in total. The molecule has 0 unspecified atom stereocenters. The van der Waals surface area contributed by atoms with Gasteiger partial charge in [-0.3, -0.25) is 14.9 Å². The number of nitro groups is 1. The summed E-state index contributed by atoms with van der Waals surface area (Å²) < 4.78 is 0. The van der Waals surface area contributed by atoms with Crippen LogP contribution in [0.25, 0.3) is 0 Å². The number of carbonyl (C=O) groups excluding carboxylic acids is 1. The Morgan fingerprint density at radius 2 is 1.73 bits per heavy atom. The zero-order chi connectivity index (χ0) is 23.4. The Hall–Kier alpha value is -3.72. The number of non-ortho nitro benzene ring substituents is 1. The lowest BCUT2D eigenvalue weighted by atomic mass is 10.1. The number of aromatic nitrogens is 2. The number of carbonyl (C=O) groups is 1. The van der Waals surface area contributed by atoms with Gasteiger partial charge in [0.2, 0.25) is 5.95 Å². The summed E-state index contributed by atoms with van der Waals surface area (Å²) in [6.45, 7) is 3.95. The Labute approximate surface area is 196 Å². The van der Waals surface area contributed by atoms with Crippen LogP contribution in [0.2, 0.25) is 5.02 Å². The highest BCUT2D eigenvalue weighted by Crippen LogP contribution is 2.25. The Morgan fingerprint density at radius 1 is 1.03 bits per heavy atom. The maximum atomic E-state index is 12.5. The van der Waals surface area contributed by atoms with E-state index in [9.17, 15) is 14.9 Å². The SMILES string of the molecule is Cc1cc(N2CCCCC2)nc(Nc2ccc(NC(=O)c3ccc([N+](=O)[O-])cc3Cl)cc2)n1.